The fourth-order valence-electron chi connectivity index (χ4n) is 2.84. The first-order chi connectivity index (χ1) is 14.4. The number of fused-ring (bicyclic) bond motifs is 1. The molecule has 2 N–H and O–H groups in total. The maximum absolute atomic E-state index is 12.3. The summed E-state index contributed by atoms with van der Waals surface area (Å²) in [6.07, 6.45) is 0.617. The van der Waals surface area contributed by atoms with Crippen LogP contribution in [0.15, 0.2) is 41.3 Å². The van der Waals surface area contributed by atoms with E-state index in [1.165, 1.54) is 24.3 Å². The Bertz CT molecular complexity index is 1070. The Labute approximate surface area is 179 Å². The van der Waals surface area contributed by atoms with Gasteiger partial charge >= 0.3 is 0 Å². The number of hydrogen-bond acceptors (Lipinski definition) is 6. The van der Waals surface area contributed by atoms with Crippen molar-refractivity contribution in [3.63, 3.8) is 0 Å². The number of carbonyl (C=O) groups is 1. The smallest absolute Gasteiger partial charge is 0.251 e. The van der Waals surface area contributed by atoms with E-state index >= 15 is 0 Å². The van der Waals surface area contributed by atoms with E-state index in [2.05, 4.69) is 10.0 Å². The molecule has 1 heterocycles. The van der Waals surface area contributed by atoms with Gasteiger partial charge in [0.05, 0.1) is 16.0 Å². The van der Waals surface area contributed by atoms with Crippen LogP contribution >= 0.6 is 11.6 Å². The highest BCUT2D eigenvalue weighted by atomic mass is 35.5. The van der Waals surface area contributed by atoms with Crippen LogP contribution in [-0.4, -0.2) is 40.6 Å². The molecule has 1 amide bonds. The lowest BCUT2D eigenvalue weighted by molar-refractivity contribution is 0.0954. The highest BCUT2D eigenvalue weighted by Gasteiger charge is 2.17. The summed E-state index contributed by atoms with van der Waals surface area (Å²) in [5, 5.41) is 11.8. The highest BCUT2D eigenvalue weighted by Crippen LogP contribution is 2.38. The number of halogens is 1. The minimum absolute atomic E-state index is 0.0305. The number of sulfonamides is 1. The fourth-order valence-corrected chi connectivity index (χ4v) is 4.16. The van der Waals surface area contributed by atoms with E-state index in [9.17, 15) is 13.2 Å². The average Bonchev–Trinajstić information content (AvgIpc) is 2.74. The van der Waals surface area contributed by atoms with Crippen LogP contribution in [0, 0.1) is 11.3 Å². The number of rotatable bonds is 8. The number of ether oxygens (including phenoxy) is 2. The first kappa shape index (κ1) is 21.9. The predicted octanol–water partition coefficient (Wildman–Crippen LogP) is 2.28. The Kier molecular flexibility index (Phi) is 7.15. The zero-order chi connectivity index (χ0) is 21.6. The third-order valence-electron chi connectivity index (χ3n) is 4.31. The van der Waals surface area contributed by atoms with Crippen molar-refractivity contribution < 1.29 is 22.7 Å². The molecule has 158 valence electrons. The topological polar surface area (TPSA) is 118 Å². The fraction of sp³-hybridized carbons (Fsp3) is 0.300. The van der Waals surface area contributed by atoms with Crippen LogP contribution in [0.4, 0.5) is 0 Å². The Balaban J connectivity index is 1.55. The molecule has 8 nitrogen and oxygen atoms in total. The maximum atomic E-state index is 12.3. The van der Waals surface area contributed by atoms with E-state index in [0.717, 1.165) is 5.56 Å². The molecule has 0 saturated heterocycles. The van der Waals surface area contributed by atoms with Crippen LogP contribution in [0.3, 0.4) is 0 Å². The molecule has 0 bridgehead atoms. The van der Waals surface area contributed by atoms with Gasteiger partial charge in [-0.05, 0) is 48.4 Å². The molecule has 0 aromatic heterocycles. The lowest BCUT2D eigenvalue weighted by atomic mass is 10.1. The van der Waals surface area contributed by atoms with Crippen LogP contribution in [0.1, 0.15) is 22.3 Å². The summed E-state index contributed by atoms with van der Waals surface area (Å²) in [5.74, 6) is 0.808. The first-order valence-corrected chi connectivity index (χ1v) is 11.1. The van der Waals surface area contributed by atoms with Crippen LogP contribution in [-0.2, 0) is 16.4 Å². The summed E-state index contributed by atoms with van der Waals surface area (Å²) in [6.45, 7) is 1.32. The quantitative estimate of drug-likeness (QED) is 0.597. The lowest BCUT2D eigenvalue weighted by Crippen LogP contribution is -2.26. The molecule has 1 aliphatic rings. The monoisotopic (exact) mass is 449 g/mol. The van der Waals surface area contributed by atoms with E-state index in [1.54, 1.807) is 6.07 Å². The van der Waals surface area contributed by atoms with Crippen molar-refractivity contribution in [1.29, 1.82) is 5.26 Å². The minimum atomic E-state index is -3.71. The van der Waals surface area contributed by atoms with Gasteiger partial charge in [-0.3, -0.25) is 4.79 Å². The summed E-state index contributed by atoms with van der Waals surface area (Å²) < 4.78 is 37.5. The third-order valence-corrected chi connectivity index (χ3v) is 6.07. The van der Waals surface area contributed by atoms with E-state index in [1.807, 2.05) is 12.1 Å². The molecule has 0 saturated carbocycles. The van der Waals surface area contributed by atoms with Gasteiger partial charge in [0.25, 0.3) is 5.91 Å². The molecule has 0 radical (unpaired) electrons. The molecule has 0 atom stereocenters. The van der Waals surface area contributed by atoms with E-state index in [4.69, 9.17) is 26.3 Å². The Morgan fingerprint density at radius 1 is 1.13 bits per heavy atom. The molecule has 30 heavy (non-hydrogen) atoms. The molecule has 10 heteroatoms. The molecule has 0 fully saturated rings. The van der Waals surface area contributed by atoms with Crippen molar-refractivity contribution in [2.24, 2.45) is 0 Å². The van der Waals surface area contributed by atoms with Gasteiger partial charge in [-0.2, -0.15) is 5.26 Å². The molecular weight excluding hydrogens is 430 g/mol. The zero-order valence-electron chi connectivity index (χ0n) is 16.0. The standard InChI is InChI=1S/C20H20ClN3O5S/c21-17-12-14(13-18-19(17)29-11-10-28-18)6-9-23-20(25)15-2-4-16(5-3-15)30(26,27)24-8-1-7-22/h2-5,12-13,24H,1,6,8-11H2,(H,23,25). The van der Waals surface area contributed by atoms with Crippen molar-refractivity contribution in [3.05, 3.63) is 52.5 Å². The summed E-state index contributed by atoms with van der Waals surface area (Å²) in [4.78, 5) is 12.4. The molecule has 2 aromatic carbocycles. The number of carbonyl (C=O) groups excluding carboxylic acids is 1. The Hall–Kier alpha value is -2.80. The van der Waals surface area contributed by atoms with E-state index in [0.29, 0.717) is 48.3 Å². The second-order valence-electron chi connectivity index (χ2n) is 6.44. The number of hydrogen-bond donors (Lipinski definition) is 2. The van der Waals surface area contributed by atoms with Crippen LogP contribution in [0.2, 0.25) is 5.02 Å². The molecule has 1 aliphatic heterocycles. The van der Waals surface area contributed by atoms with Gasteiger partial charge in [-0.15, -0.1) is 0 Å². The first-order valence-electron chi connectivity index (χ1n) is 9.23. The van der Waals surface area contributed by atoms with Gasteiger partial charge in [0, 0.05) is 25.1 Å². The van der Waals surface area contributed by atoms with Crippen LogP contribution in [0.25, 0.3) is 0 Å². The molecule has 0 aliphatic carbocycles. The molecule has 3 rings (SSSR count). The Morgan fingerprint density at radius 2 is 1.87 bits per heavy atom. The Morgan fingerprint density at radius 3 is 2.60 bits per heavy atom. The van der Waals surface area contributed by atoms with Crippen molar-refractivity contribution in [2.75, 3.05) is 26.3 Å². The number of nitriles is 1. The largest absolute Gasteiger partial charge is 0.486 e. The number of nitrogens with one attached hydrogen (secondary N) is 2. The summed E-state index contributed by atoms with van der Waals surface area (Å²) in [7, 11) is -3.71. The van der Waals surface area contributed by atoms with Crippen LogP contribution in [0.5, 0.6) is 11.5 Å². The predicted molar refractivity (Wildman–Crippen MR) is 110 cm³/mol. The molecule has 2 aromatic rings. The second-order valence-corrected chi connectivity index (χ2v) is 8.61. The van der Waals surface area contributed by atoms with Crippen molar-refractivity contribution in [1.82, 2.24) is 10.0 Å². The highest BCUT2D eigenvalue weighted by molar-refractivity contribution is 7.89. The van der Waals surface area contributed by atoms with Gasteiger partial charge in [-0.25, -0.2) is 13.1 Å². The molecular formula is C20H20ClN3O5S. The molecule has 0 unspecified atom stereocenters. The maximum Gasteiger partial charge on any atom is 0.251 e. The van der Waals surface area contributed by atoms with Gasteiger partial charge < -0.3 is 14.8 Å². The van der Waals surface area contributed by atoms with Crippen molar-refractivity contribution >= 4 is 27.5 Å². The van der Waals surface area contributed by atoms with E-state index in [-0.39, 0.29) is 23.8 Å². The second kappa shape index (κ2) is 9.80. The van der Waals surface area contributed by atoms with Crippen molar-refractivity contribution in [2.45, 2.75) is 17.7 Å². The van der Waals surface area contributed by atoms with Gasteiger partial charge in [0.2, 0.25) is 10.0 Å². The summed E-state index contributed by atoms with van der Waals surface area (Å²) in [5.41, 5.74) is 1.24. The van der Waals surface area contributed by atoms with Gasteiger partial charge in [0.15, 0.2) is 11.5 Å². The number of nitrogens with zero attached hydrogens (tertiary/aromatic N) is 1. The van der Waals surface area contributed by atoms with E-state index < -0.39 is 10.0 Å². The lowest BCUT2D eigenvalue weighted by Gasteiger charge is -2.20. The average molecular weight is 450 g/mol. The summed E-state index contributed by atoms with van der Waals surface area (Å²) in [6, 6.07) is 11.1. The number of amides is 1. The normalized spacial score (nSPS) is 12.8. The van der Waals surface area contributed by atoms with Crippen LogP contribution < -0.4 is 19.5 Å². The number of benzene rings is 2. The van der Waals surface area contributed by atoms with Gasteiger partial charge in [-0.1, -0.05) is 11.6 Å². The minimum Gasteiger partial charge on any atom is -0.486 e. The SMILES string of the molecule is N#CCCNS(=O)(=O)c1ccc(C(=O)NCCc2cc(Cl)c3c(c2)OCCO3)cc1. The van der Waals surface area contributed by atoms with Gasteiger partial charge in [0.1, 0.15) is 13.2 Å². The third kappa shape index (κ3) is 5.42. The molecule has 0 spiro atoms. The summed E-state index contributed by atoms with van der Waals surface area (Å²) >= 11 is 6.21. The zero-order valence-corrected chi connectivity index (χ0v) is 17.6. The van der Waals surface area contributed by atoms with Crippen molar-refractivity contribution in [3.8, 4) is 17.6 Å².